The topological polar surface area (TPSA) is 109 Å². The smallest absolute Gasteiger partial charge is 0.407 e. The number of rotatable bonds is 41. The lowest BCUT2D eigenvalue weighted by atomic mass is 10.0. The second-order valence-electron chi connectivity index (χ2n) is 17.4. The summed E-state index contributed by atoms with van der Waals surface area (Å²) >= 11 is 0. The Hall–Kier alpha value is -2.39. The van der Waals surface area contributed by atoms with Gasteiger partial charge in [0.25, 0.3) is 0 Å². The lowest BCUT2D eigenvalue weighted by Gasteiger charge is -2.21. The van der Waals surface area contributed by atoms with Gasteiger partial charge in [0.2, 0.25) is 0 Å². The van der Waals surface area contributed by atoms with Crippen LogP contribution in [0, 0.1) is 5.92 Å². The molecule has 0 aromatic carbocycles. The van der Waals surface area contributed by atoms with Crippen molar-refractivity contribution in [1.82, 2.24) is 5.32 Å². The molecule has 0 bridgehead atoms. The molecule has 9 nitrogen and oxygen atoms in total. The third kappa shape index (κ3) is 33.3. The van der Waals surface area contributed by atoms with E-state index in [1.54, 1.807) is 0 Å². The summed E-state index contributed by atoms with van der Waals surface area (Å²) in [6.45, 7) is 12.8. The fourth-order valence-corrected chi connectivity index (χ4v) is 7.69. The molecule has 1 fully saturated rings. The van der Waals surface area contributed by atoms with Gasteiger partial charge in [0.05, 0.1) is 6.42 Å². The van der Waals surface area contributed by atoms with Gasteiger partial charge in [-0.15, -0.1) is 0 Å². The Morgan fingerprint density at radius 1 is 0.533 bits per heavy atom. The van der Waals surface area contributed by atoms with Crippen LogP contribution >= 0.6 is 0 Å². The van der Waals surface area contributed by atoms with Crippen LogP contribution in [-0.2, 0) is 33.3 Å². The number of hydrogen-bond acceptors (Lipinski definition) is 8. The Morgan fingerprint density at radius 2 is 1.02 bits per heavy atom. The quantitative estimate of drug-likeness (QED) is 0.0213. The molecule has 0 spiro atoms. The molecular formula is C51H93NO8. The first-order chi connectivity index (χ1) is 29.3. The standard InChI is InChI=1S/C51H93NO8/c1-6-10-13-16-19-20-21-22-23-24-25-26-27-28-31-35-48(53)59-46-42-45(58-51(55)52-39-38-44(5)34-9-4)43-47(46)60-49(54)36-37-50(56-40-32-29-17-14-11-7-2)57-41-33-30-18-15-12-8-3/h19-20,22-23,44-47,50H,6-18,21,24-43H2,1-5H3,(H,52,55)/b20-19-,23-22-. The average molecular weight is 848 g/mol. The van der Waals surface area contributed by atoms with Crippen molar-refractivity contribution in [3.8, 4) is 0 Å². The number of alkyl carbamates (subject to hydrolysis) is 1. The molecule has 60 heavy (non-hydrogen) atoms. The Bertz CT molecular complexity index is 1060. The van der Waals surface area contributed by atoms with Crippen molar-refractivity contribution in [3.05, 3.63) is 24.3 Å². The van der Waals surface area contributed by atoms with E-state index in [0.717, 1.165) is 89.9 Å². The second-order valence-corrected chi connectivity index (χ2v) is 17.4. The van der Waals surface area contributed by atoms with Crippen LogP contribution < -0.4 is 5.32 Å². The van der Waals surface area contributed by atoms with Gasteiger partial charge >= 0.3 is 18.0 Å². The van der Waals surface area contributed by atoms with Gasteiger partial charge in [0, 0.05) is 45.4 Å². The molecule has 4 unspecified atom stereocenters. The number of hydrogen-bond donors (Lipinski definition) is 1. The van der Waals surface area contributed by atoms with Gasteiger partial charge in [-0.2, -0.15) is 0 Å². The summed E-state index contributed by atoms with van der Waals surface area (Å²) in [5.41, 5.74) is 0. The van der Waals surface area contributed by atoms with E-state index >= 15 is 0 Å². The van der Waals surface area contributed by atoms with E-state index < -0.39 is 30.7 Å². The number of ether oxygens (including phenoxy) is 5. The molecule has 1 rings (SSSR count). The summed E-state index contributed by atoms with van der Waals surface area (Å²) in [5.74, 6) is -0.162. The lowest BCUT2D eigenvalue weighted by Crippen LogP contribution is -2.31. The summed E-state index contributed by atoms with van der Waals surface area (Å²) < 4.78 is 29.9. The summed E-state index contributed by atoms with van der Waals surface area (Å²) in [5, 5.41) is 2.87. The van der Waals surface area contributed by atoms with Crippen molar-refractivity contribution < 1.29 is 38.1 Å². The highest BCUT2D eigenvalue weighted by Gasteiger charge is 2.41. The van der Waals surface area contributed by atoms with Crippen LogP contribution in [0.15, 0.2) is 24.3 Å². The van der Waals surface area contributed by atoms with Crippen LogP contribution in [-0.4, -0.2) is 62.4 Å². The van der Waals surface area contributed by atoms with Crippen molar-refractivity contribution in [1.29, 1.82) is 0 Å². The van der Waals surface area contributed by atoms with E-state index in [1.807, 2.05) is 0 Å². The number of allylic oxidation sites excluding steroid dienone is 4. The molecule has 1 aliphatic rings. The van der Waals surface area contributed by atoms with E-state index in [2.05, 4.69) is 64.2 Å². The molecule has 1 N–H and O–H groups in total. The number of esters is 2. The minimum atomic E-state index is -0.681. The molecular weight excluding hydrogens is 755 g/mol. The lowest BCUT2D eigenvalue weighted by molar-refractivity contribution is -0.170. The summed E-state index contributed by atoms with van der Waals surface area (Å²) in [6, 6.07) is 0. The molecule has 0 aromatic heterocycles. The molecule has 0 aromatic rings. The van der Waals surface area contributed by atoms with E-state index in [4.69, 9.17) is 23.7 Å². The van der Waals surface area contributed by atoms with Gasteiger partial charge in [-0.25, -0.2) is 4.79 Å². The van der Waals surface area contributed by atoms with Crippen LogP contribution in [0.4, 0.5) is 4.79 Å². The molecule has 1 amide bonds. The molecule has 4 atom stereocenters. The summed E-state index contributed by atoms with van der Waals surface area (Å²) in [4.78, 5) is 39.0. The van der Waals surface area contributed by atoms with E-state index in [1.165, 1.54) is 77.0 Å². The highest BCUT2D eigenvalue weighted by atomic mass is 16.7. The van der Waals surface area contributed by atoms with Gasteiger partial charge < -0.3 is 29.0 Å². The Labute approximate surface area is 368 Å². The predicted molar refractivity (Wildman–Crippen MR) is 247 cm³/mol. The molecule has 1 aliphatic carbocycles. The SMILES string of the molecule is CCCCC/C=C\C/C=C\CCCCCCCC(=O)OC1CC(OC(=O)NCCC(C)CCC)CC1OC(=O)CCC(OCCCCCCCC)OCCCCCCCC. The zero-order valence-corrected chi connectivity index (χ0v) is 39.5. The maximum Gasteiger partial charge on any atom is 0.407 e. The monoisotopic (exact) mass is 848 g/mol. The first kappa shape index (κ1) is 55.6. The Balaban J connectivity index is 2.64. The summed E-state index contributed by atoms with van der Waals surface area (Å²) in [6.07, 6.45) is 37.2. The average Bonchev–Trinajstić information content (AvgIpc) is 3.59. The van der Waals surface area contributed by atoms with Gasteiger partial charge in [-0.1, -0.05) is 168 Å². The van der Waals surface area contributed by atoms with Crippen LogP contribution in [0.3, 0.4) is 0 Å². The maximum absolute atomic E-state index is 13.3. The molecule has 1 saturated carbocycles. The number of nitrogens with one attached hydrogen (secondary N) is 1. The number of carbonyl (C=O) groups is 3. The van der Waals surface area contributed by atoms with Crippen LogP contribution in [0.2, 0.25) is 0 Å². The van der Waals surface area contributed by atoms with Crippen LogP contribution in [0.5, 0.6) is 0 Å². The minimum Gasteiger partial charge on any atom is -0.458 e. The molecule has 350 valence electrons. The molecule has 0 saturated heterocycles. The molecule has 0 heterocycles. The van der Waals surface area contributed by atoms with Gasteiger partial charge in [-0.05, 0) is 63.7 Å². The van der Waals surface area contributed by atoms with Crippen molar-refractivity contribution in [2.75, 3.05) is 19.8 Å². The fourth-order valence-electron chi connectivity index (χ4n) is 7.69. The van der Waals surface area contributed by atoms with Crippen molar-refractivity contribution >= 4 is 18.0 Å². The third-order valence-electron chi connectivity index (χ3n) is 11.5. The molecule has 9 heteroatoms. The Morgan fingerprint density at radius 3 is 1.58 bits per heavy atom. The normalized spacial score (nSPS) is 17.2. The van der Waals surface area contributed by atoms with E-state index in [9.17, 15) is 14.4 Å². The van der Waals surface area contributed by atoms with Gasteiger partial charge in [0.15, 0.2) is 6.29 Å². The molecule has 0 aliphatic heterocycles. The number of amides is 1. The molecule has 0 radical (unpaired) electrons. The highest BCUT2D eigenvalue weighted by Crippen LogP contribution is 2.29. The highest BCUT2D eigenvalue weighted by molar-refractivity contribution is 5.71. The van der Waals surface area contributed by atoms with Crippen LogP contribution in [0.25, 0.3) is 0 Å². The zero-order chi connectivity index (χ0) is 43.7. The second kappa shape index (κ2) is 40.7. The summed E-state index contributed by atoms with van der Waals surface area (Å²) in [7, 11) is 0. The van der Waals surface area contributed by atoms with Crippen LogP contribution in [0.1, 0.15) is 234 Å². The van der Waals surface area contributed by atoms with Gasteiger partial charge in [0.1, 0.15) is 18.3 Å². The maximum atomic E-state index is 13.3. The van der Waals surface area contributed by atoms with Crippen molar-refractivity contribution in [2.24, 2.45) is 5.92 Å². The minimum absolute atomic E-state index is 0.128. The van der Waals surface area contributed by atoms with Crippen molar-refractivity contribution in [3.63, 3.8) is 0 Å². The van der Waals surface area contributed by atoms with Gasteiger partial charge in [-0.3, -0.25) is 9.59 Å². The predicted octanol–water partition coefficient (Wildman–Crippen LogP) is 14.2. The first-order valence-electron chi connectivity index (χ1n) is 25.2. The van der Waals surface area contributed by atoms with Crippen molar-refractivity contribution in [2.45, 2.75) is 258 Å². The Kier molecular flexibility index (Phi) is 37.7. The first-order valence-corrected chi connectivity index (χ1v) is 25.2. The third-order valence-corrected chi connectivity index (χ3v) is 11.5. The van der Waals surface area contributed by atoms with E-state index in [0.29, 0.717) is 51.4 Å². The zero-order valence-electron chi connectivity index (χ0n) is 39.5. The number of unbranched alkanes of at least 4 members (excludes halogenated alkanes) is 18. The van der Waals surface area contributed by atoms with E-state index in [-0.39, 0.29) is 18.4 Å². The number of carbonyl (C=O) groups excluding carboxylic acids is 3. The largest absolute Gasteiger partial charge is 0.458 e. The fraction of sp³-hybridized carbons (Fsp3) is 0.863.